The lowest BCUT2D eigenvalue weighted by molar-refractivity contribution is -0.150. The first kappa shape index (κ1) is 15.9. The summed E-state index contributed by atoms with van der Waals surface area (Å²) in [5.41, 5.74) is 1.95. The fourth-order valence-corrected chi connectivity index (χ4v) is 3.78. The largest absolute Gasteiger partial charge is 0.467 e. The van der Waals surface area contributed by atoms with Crippen LogP contribution in [0.5, 0.6) is 0 Å². The van der Waals surface area contributed by atoms with Gasteiger partial charge in [-0.25, -0.2) is 9.78 Å². The number of esters is 1. The van der Waals surface area contributed by atoms with E-state index in [4.69, 9.17) is 4.74 Å². The molecule has 1 aromatic heterocycles. The van der Waals surface area contributed by atoms with Crippen molar-refractivity contribution >= 4 is 34.7 Å². The highest BCUT2D eigenvalue weighted by molar-refractivity contribution is 7.99. The van der Waals surface area contributed by atoms with E-state index in [-0.39, 0.29) is 17.6 Å². The number of rotatable bonds is 4. The molecular formula is C16H19N3O3S. The predicted molar refractivity (Wildman–Crippen MR) is 88.2 cm³/mol. The second kappa shape index (κ2) is 6.62. The summed E-state index contributed by atoms with van der Waals surface area (Å²) in [7, 11) is 3.30. The maximum atomic E-state index is 12.4. The molecule has 0 spiro atoms. The van der Waals surface area contributed by atoms with E-state index >= 15 is 0 Å². The molecule has 1 fully saturated rings. The Hall–Kier alpha value is -2.02. The van der Waals surface area contributed by atoms with Crippen molar-refractivity contribution in [2.45, 2.75) is 24.0 Å². The maximum Gasteiger partial charge on any atom is 0.328 e. The summed E-state index contributed by atoms with van der Waals surface area (Å²) in [6, 6.07) is 7.43. The van der Waals surface area contributed by atoms with E-state index in [9.17, 15) is 9.59 Å². The third-order valence-electron chi connectivity index (χ3n) is 4.12. The number of thioether (sulfide) groups is 1. The van der Waals surface area contributed by atoms with Crippen LogP contribution in [0.1, 0.15) is 12.8 Å². The zero-order valence-electron chi connectivity index (χ0n) is 13.2. The SMILES string of the molecule is COC(=O)[C@@H]1CCCN1C(=O)CSc1nc2ccccc2n1C. The smallest absolute Gasteiger partial charge is 0.328 e. The van der Waals surface area contributed by atoms with Crippen LogP contribution in [-0.2, 0) is 21.4 Å². The number of benzene rings is 1. The van der Waals surface area contributed by atoms with E-state index in [1.54, 1.807) is 4.90 Å². The van der Waals surface area contributed by atoms with Gasteiger partial charge in [-0.05, 0) is 25.0 Å². The average molecular weight is 333 g/mol. The number of likely N-dealkylation sites (tertiary alicyclic amines) is 1. The fourth-order valence-electron chi connectivity index (χ4n) is 2.91. The lowest BCUT2D eigenvalue weighted by Crippen LogP contribution is -2.42. The minimum Gasteiger partial charge on any atom is -0.467 e. The van der Waals surface area contributed by atoms with Gasteiger partial charge in [-0.15, -0.1) is 0 Å². The van der Waals surface area contributed by atoms with Gasteiger partial charge in [-0.2, -0.15) is 0 Å². The standard InChI is InChI=1S/C16H19N3O3S/c1-18-12-7-4-3-6-11(12)17-16(18)23-10-14(20)19-9-5-8-13(19)15(21)22-2/h3-4,6-7,13H,5,8-10H2,1-2H3/t13-/m0/s1. The Kier molecular flexibility index (Phi) is 4.56. The number of amides is 1. The number of hydrogen-bond acceptors (Lipinski definition) is 5. The molecule has 6 nitrogen and oxygen atoms in total. The number of para-hydroxylation sites is 2. The van der Waals surface area contributed by atoms with Gasteiger partial charge in [0.1, 0.15) is 6.04 Å². The minimum atomic E-state index is -0.437. The van der Waals surface area contributed by atoms with Gasteiger partial charge < -0.3 is 14.2 Å². The van der Waals surface area contributed by atoms with Crippen molar-refractivity contribution in [3.05, 3.63) is 24.3 Å². The molecule has 2 aromatic rings. The molecule has 0 unspecified atom stereocenters. The number of aromatic nitrogens is 2. The summed E-state index contributed by atoms with van der Waals surface area (Å²) >= 11 is 1.40. The van der Waals surface area contributed by atoms with Gasteiger partial charge in [-0.1, -0.05) is 23.9 Å². The molecule has 0 bridgehead atoms. The van der Waals surface area contributed by atoms with Crippen molar-refractivity contribution in [1.29, 1.82) is 0 Å². The van der Waals surface area contributed by atoms with Gasteiger partial charge in [0.05, 0.1) is 23.9 Å². The van der Waals surface area contributed by atoms with Gasteiger partial charge in [0.25, 0.3) is 0 Å². The van der Waals surface area contributed by atoms with E-state index in [0.717, 1.165) is 22.6 Å². The van der Waals surface area contributed by atoms with E-state index in [2.05, 4.69) is 4.98 Å². The first-order valence-electron chi connectivity index (χ1n) is 7.53. The Morgan fingerprint density at radius 3 is 2.91 bits per heavy atom. The number of hydrogen-bond donors (Lipinski definition) is 0. The molecule has 122 valence electrons. The number of carbonyl (C=O) groups excluding carboxylic acids is 2. The average Bonchev–Trinajstić information content (AvgIpc) is 3.18. The lowest BCUT2D eigenvalue weighted by atomic mass is 10.2. The van der Waals surface area contributed by atoms with Gasteiger partial charge in [-0.3, -0.25) is 4.79 Å². The summed E-state index contributed by atoms with van der Waals surface area (Å²) in [6.07, 6.45) is 1.51. The van der Waals surface area contributed by atoms with Crippen LogP contribution in [0.25, 0.3) is 11.0 Å². The van der Waals surface area contributed by atoms with E-state index in [1.807, 2.05) is 35.9 Å². The molecule has 0 radical (unpaired) electrons. The molecule has 1 amide bonds. The van der Waals surface area contributed by atoms with Crippen molar-refractivity contribution in [2.75, 3.05) is 19.4 Å². The van der Waals surface area contributed by atoms with Crippen molar-refractivity contribution in [3.63, 3.8) is 0 Å². The molecule has 1 aromatic carbocycles. The number of aryl methyl sites for hydroxylation is 1. The topological polar surface area (TPSA) is 64.4 Å². The number of nitrogens with zero attached hydrogens (tertiary/aromatic N) is 3. The molecule has 1 aliphatic rings. The zero-order chi connectivity index (χ0) is 16.4. The quantitative estimate of drug-likeness (QED) is 0.631. The third-order valence-corrected chi connectivity index (χ3v) is 5.13. The van der Waals surface area contributed by atoms with Crippen molar-refractivity contribution in [2.24, 2.45) is 7.05 Å². The molecule has 0 N–H and O–H groups in total. The first-order chi connectivity index (χ1) is 11.1. The van der Waals surface area contributed by atoms with Gasteiger partial charge >= 0.3 is 5.97 Å². The third kappa shape index (κ3) is 3.06. The second-order valence-electron chi connectivity index (χ2n) is 5.50. The molecule has 1 aliphatic heterocycles. The zero-order valence-corrected chi connectivity index (χ0v) is 14.0. The predicted octanol–water partition coefficient (Wildman–Crippen LogP) is 1.83. The second-order valence-corrected chi connectivity index (χ2v) is 6.44. The highest BCUT2D eigenvalue weighted by Crippen LogP contribution is 2.25. The maximum absolute atomic E-state index is 12.4. The van der Waals surface area contributed by atoms with Crippen LogP contribution in [0.4, 0.5) is 0 Å². The van der Waals surface area contributed by atoms with Crippen LogP contribution in [0, 0.1) is 0 Å². The summed E-state index contributed by atoms with van der Waals surface area (Å²) in [5.74, 6) is -0.108. The molecule has 0 saturated carbocycles. The van der Waals surface area contributed by atoms with Gasteiger partial charge in [0.15, 0.2) is 5.16 Å². The normalized spacial score (nSPS) is 17.7. The van der Waals surface area contributed by atoms with Crippen molar-refractivity contribution in [1.82, 2.24) is 14.5 Å². The molecule has 2 heterocycles. The fraction of sp³-hybridized carbons (Fsp3) is 0.438. The van der Waals surface area contributed by atoms with E-state index < -0.39 is 6.04 Å². The Morgan fingerprint density at radius 2 is 2.17 bits per heavy atom. The number of methoxy groups -OCH3 is 1. The van der Waals surface area contributed by atoms with Crippen LogP contribution in [-0.4, -0.2) is 51.8 Å². The highest BCUT2D eigenvalue weighted by Gasteiger charge is 2.34. The molecule has 0 aliphatic carbocycles. The van der Waals surface area contributed by atoms with Gasteiger partial charge in [0, 0.05) is 13.6 Å². The summed E-state index contributed by atoms with van der Waals surface area (Å²) < 4.78 is 6.76. The Labute approximate surface area is 138 Å². The van der Waals surface area contributed by atoms with Gasteiger partial charge in [0.2, 0.25) is 5.91 Å². The molecule has 1 saturated heterocycles. The van der Waals surface area contributed by atoms with Crippen LogP contribution >= 0.6 is 11.8 Å². The lowest BCUT2D eigenvalue weighted by Gasteiger charge is -2.22. The first-order valence-corrected chi connectivity index (χ1v) is 8.52. The number of fused-ring (bicyclic) bond motifs is 1. The molecular weight excluding hydrogens is 314 g/mol. The number of ether oxygens (including phenoxy) is 1. The summed E-state index contributed by atoms with van der Waals surface area (Å²) in [6.45, 7) is 0.613. The molecule has 1 atom stereocenters. The minimum absolute atomic E-state index is 0.0463. The van der Waals surface area contributed by atoms with Crippen molar-refractivity contribution in [3.8, 4) is 0 Å². The Morgan fingerprint density at radius 1 is 1.39 bits per heavy atom. The van der Waals surface area contributed by atoms with Crippen LogP contribution in [0.2, 0.25) is 0 Å². The van der Waals surface area contributed by atoms with Crippen LogP contribution < -0.4 is 0 Å². The van der Waals surface area contributed by atoms with Crippen molar-refractivity contribution < 1.29 is 14.3 Å². The summed E-state index contributed by atoms with van der Waals surface area (Å²) in [5, 5.41) is 0.799. The monoisotopic (exact) mass is 333 g/mol. The Bertz CT molecular complexity index is 743. The van der Waals surface area contributed by atoms with Crippen LogP contribution in [0.15, 0.2) is 29.4 Å². The molecule has 7 heteroatoms. The highest BCUT2D eigenvalue weighted by atomic mass is 32.2. The van der Waals surface area contributed by atoms with E-state index in [1.165, 1.54) is 18.9 Å². The molecule has 23 heavy (non-hydrogen) atoms. The van der Waals surface area contributed by atoms with E-state index in [0.29, 0.717) is 13.0 Å². The van der Waals surface area contributed by atoms with Crippen LogP contribution in [0.3, 0.4) is 0 Å². The Balaban J connectivity index is 1.68. The number of imidazole rings is 1. The summed E-state index contributed by atoms with van der Waals surface area (Å²) in [4.78, 5) is 30.3. The molecule has 3 rings (SSSR count). The number of carbonyl (C=O) groups is 2.